The third kappa shape index (κ3) is 2.96. The van der Waals surface area contributed by atoms with Crippen LogP contribution in [0.25, 0.3) is 0 Å². The van der Waals surface area contributed by atoms with E-state index in [1.54, 1.807) is 0 Å². The Morgan fingerprint density at radius 3 is 2.29 bits per heavy atom. The van der Waals surface area contributed by atoms with Crippen molar-refractivity contribution in [1.82, 2.24) is 5.32 Å². The first kappa shape index (κ1) is 12.0. The van der Waals surface area contributed by atoms with Crippen LogP contribution in [-0.4, -0.2) is 23.3 Å². The third-order valence-corrected chi connectivity index (χ3v) is 3.74. The molecule has 0 aliphatic heterocycles. The fraction of sp³-hybridized carbons (Fsp3) is 1.00. The van der Waals surface area contributed by atoms with Crippen molar-refractivity contribution in [3.05, 3.63) is 0 Å². The minimum Gasteiger partial charge on any atom is -0.394 e. The van der Waals surface area contributed by atoms with E-state index in [0.717, 1.165) is 0 Å². The summed E-state index contributed by atoms with van der Waals surface area (Å²) in [5.41, 5.74) is -0.0952. The highest BCUT2D eigenvalue weighted by Crippen LogP contribution is 2.23. The SMILES string of the molecule is CC(C)C(C)(CO)NC1CCCCC1. The predicted octanol–water partition coefficient (Wildman–Crippen LogP) is 2.32. The van der Waals surface area contributed by atoms with E-state index in [2.05, 4.69) is 26.1 Å². The van der Waals surface area contributed by atoms with Crippen LogP contribution < -0.4 is 5.32 Å². The van der Waals surface area contributed by atoms with Gasteiger partial charge in [0.15, 0.2) is 0 Å². The molecule has 0 aromatic carbocycles. The molecular formula is C12H25NO. The van der Waals surface area contributed by atoms with Gasteiger partial charge in [-0.05, 0) is 25.7 Å². The first-order chi connectivity index (χ1) is 6.58. The standard InChI is InChI=1S/C12H25NO/c1-10(2)12(3,9-14)13-11-7-5-4-6-8-11/h10-11,13-14H,4-9H2,1-3H3. The van der Waals surface area contributed by atoms with Crippen LogP contribution >= 0.6 is 0 Å². The van der Waals surface area contributed by atoms with Gasteiger partial charge in [-0.25, -0.2) is 0 Å². The van der Waals surface area contributed by atoms with Crippen molar-refractivity contribution in [3.8, 4) is 0 Å². The molecule has 1 fully saturated rings. The lowest BCUT2D eigenvalue weighted by molar-refractivity contribution is 0.112. The maximum atomic E-state index is 9.42. The van der Waals surface area contributed by atoms with Crippen LogP contribution in [0, 0.1) is 5.92 Å². The van der Waals surface area contributed by atoms with Gasteiger partial charge in [-0.1, -0.05) is 33.1 Å². The minimum atomic E-state index is -0.0952. The molecule has 1 atom stereocenters. The Labute approximate surface area is 88.1 Å². The topological polar surface area (TPSA) is 32.3 Å². The van der Waals surface area contributed by atoms with E-state index >= 15 is 0 Å². The van der Waals surface area contributed by atoms with Crippen molar-refractivity contribution in [3.63, 3.8) is 0 Å². The normalized spacial score (nSPS) is 23.8. The average Bonchev–Trinajstić information content (AvgIpc) is 2.19. The lowest BCUT2D eigenvalue weighted by Gasteiger charge is -2.38. The van der Waals surface area contributed by atoms with Gasteiger partial charge in [0.2, 0.25) is 0 Å². The van der Waals surface area contributed by atoms with Crippen LogP contribution in [0.3, 0.4) is 0 Å². The number of nitrogens with one attached hydrogen (secondary N) is 1. The van der Waals surface area contributed by atoms with Crippen molar-refractivity contribution >= 4 is 0 Å². The second-order valence-corrected chi connectivity index (χ2v) is 5.21. The van der Waals surface area contributed by atoms with Gasteiger partial charge in [0, 0.05) is 11.6 Å². The average molecular weight is 199 g/mol. The highest BCUT2D eigenvalue weighted by molar-refractivity contribution is 4.89. The molecule has 2 heteroatoms. The molecular weight excluding hydrogens is 174 g/mol. The van der Waals surface area contributed by atoms with Crippen molar-refractivity contribution < 1.29 is 5.11 Å². The van der Waals surface area contributed by atoms with Gasteiger partial charge in [0.05, 0.1) is 6.61 Å². The van der Waals surface area contributed by atoms with Crippen LogP contribution in [0.1, 0.15) is 52.9 Å². The van der Waals surface area contributed by atoms with Crippen LogP contribution in [0.15, 0.2) is 0 Å². The molecule has 2 nitrogen and oxygen atoms in total. The first-order valence-electron chi connectivity index (χ1n) is 5.97. The molecule has 1 unspecified atom stereocenters. The summed E-state index contributed by atoms with van der Waals surface area (Å²) in [6.07, 6.45) is 6.63. The molecule has 0 amide bonds. The van der Waals surface area contributed by atoms with Gasteiger partial charge >= 0.3 is 0 Å². The van der Waals surface area contributed by atoms with Crippen LogP contribution in [0.5, 0.6) is 0 Å². The summed E-state index contributed by atoms with van der Waals surface area (Å²) in [6, 6.07) is 0.628. The molecule has 84 valence electrons. The highest BCUT2D eigenvalue weighted by Gasteiger charge is 2.30. The molecule has 0 bridgehead atoms. The van der Waals surface area contributed by atoms with Gasteiger partial charge in [-0.15, -0.1) is 0 Å². The molecule has 0 radical (unpaired) electrons. The molecule has 0 saturated heterocycles. The summed E-state index contributed by atoms with van der Waals surface area (Å²) in [5, 5.41) is 13.1. The van der Waals surface area contributed by atoms with Crippen LogP contribution in [0.4, 0.5) is 0 Å². The zero-order valence-electron chi connectivity index (χ0n) is 9.84. The third-order valence-electron chi connectivity index (χ3n) is 3.74. The maximum absolute atomic E-state index is 9.42. The summed E-state index contributed by atoms with van der Waals surface area (Å²) in [4.78, 5) is 0. The van der Waals surface area contributed by atoms with E-state index in [-0.39, 0.29) is 12.1 Å². The van der Waals surface area contributed by atoms with E-state index in [1.165, 1.54) is 32.1 Å². The van der Waals surface area contributed by atoms with E-state index in [0.29, 0.717) is 12.0 Å². The smallest absolute Gasteiger partial charge is 0.0613 e. The molecule has 2 N–H and O–H groups in total. The van der Waals surface area contributed by atoms with Crippen molar-refractivity contribution in [1.29, 1.82) is 0 Å². The van der Waals surface area contributed by atoms with Gasteiger partial charge in [-0.2, -0.15) is 0 Å². The number of hydrogen-bond donors (Lipinski definition) is 2. The molecule has 0 aromatic heterocycles. The summed E-state index contributed by atoms with van der Waals surface area (Å²) in [6.45, 7) is 6.71. The largest absolute Gasteiger partial charge is 0.394 e. The molecule has 0 spiro atoms. The van der Waals surface area contributed by atoms with E-state index in [1.807, 2.05) is 0 Å². The Bertz CT molecular complexity index is 164. The quantitative estimate of drug-likeness (QED) is 0.728. The van der Waals surface area contributed by atoms with Gasteiger partial charge in [0.1, 0.15) is 0 Å². The monoisotopic (exact) mass is 199 g/mol. The number of aliphatic hydroxyl groups is 1. The summed E-state index contributed by atoms with van der Waals surface area (Å²) < 4.78 is 0. The first-order valence-corrected chi connectivity index (χ1v) is 5.97. The Hall–Kier alpha value is -0.0800. The second kappa shape index (κ2) is 5.13. The van der Waals surface area contributed by atoms with Crippen LogP contribution in [0.2, 0.25) is 0 Å². The summed E-state index contributed by atoms with van der Waals surface area (Å²) >= 11 is 0. The minimum absolute atomic E-state index is 0.0952. The molecule has 0 heterocycles. The van der Waals surface area contributed by atoms with E-state index in [9.17, 15) is 5.11 Å². The Morgan fingerprint density at radius 2 is 1.86 bits per heavy atom. The van der Waals surface area contributed by atoms with Gasteiger partial charge in [0.25, 0.3) is 0 Å². The lowest BCUT2D eigenvalue weighted by atomic mass is 9.86. The summed E-state index contributed by atoms with van der Waals surface area (Å²) in [7, 11) is 0. The Kier molecular flexibility index (Phi) is 4.39. The highest BCUT2D eigenvalue weighted by atomic mass is 16.3. The van der Waals surface area contributed by atoms with Crippen LogP contribution in [-0.2, 0) is 0 Å². The van der Waals surface area contributed by atoms with Crippen molar-refractivity contribution in [2.24, 2.45) is 5.92 Å². The van der Waals surface area contributed by atoms with Crippen molar-refractivity contribution in [2.45, 2.75) is 64.5 Å². The van der Waals surface area contributed by atoms with Gasteiger partial charge < -0.3 is 10.4 Å². The zero-order chi connectivity index (χ0) is 10.6. The van der Waals surface area contributed by atoms with E-state index in [4.69, 9.17) is 0 Å². The molecule has 0 aromatic rings. The summed E-state index contributed by atoms with van der Waals surface area (Å²) in [5.74, 6) is 0.481. The Balaban J connectivity index is 2.46. The fourth-order valence-corrected chi connectivity index (χ4v) is 2.11. The predicted molar refractivity (Wildman–Crippen MR) is 60.3 cm³/mol. The molecule has 1 aliphatic carbocycles. The zero-order valence-corrected chi connectivity index (χ0v) is 9.84. The number of rotatable bonds is 4. The fourth-order valence-electron chi connectivity index (χ4n) is 2.11. The van der Waals surface area contributed by atoms with Gasteiger partial charge in [-0.3, -0.25) is 0 Å². The molecule has 1 aliphatic rings. The second-order valence-electron chi connectivity index (χ2n) is 5.21. The molecule has 1 saturated carbocycles. The number of aliphatic hydroxyl groups excluding tert-OH is 1. The Morgan fingerprint density at radius 1 is 1.29 bits per heavy atom. The lowest BCUT2D eigenvalue weighted by Crippen LogP contribution is -2.54. The van der Waals surface area contributed by atoms with E-state index < -0.39 is 0 Å². The van der Waals surface area contributed by atoms with Crippen molar-refractivity contribution in [2.75, 3.05) is 6.61 Å². The number of hydrogen-bond acceptors (Lipinski definition) is 2. The maximum Gasteiger partial charge on any atom is 0.0613 e. The molecule has 14 heavy (non-hydrogen) atoms. The molecule has 1 rings (SSSR count).